The van der Waals surface area contributed by atoms with Gasteiger partial charge in [-0.15, -0.1) is 5.10 Å². The quantitative estimate of drug-likeness (QED) is 0.778. The van der Waals surface area contributed by atoms with Crippen molar-refractivity contribution in [2.45, 2.75) is 13.3 Å². The molecule has 3 rings (SSSR count). The van der Waals surface area contributed by atoms with Gasteiger partial charge in [-0.1, -0.05) is 30.3 Å². The van der Waals surface area contributed by atoms with E-state index in [1.165, 1.54) is 0 Å². The van der Waals surface area contributed by atoms with E-state index in [0.717, 1.165) is 35.9 Å². The molecule has 21 heavy (non-hydrogen) atoms. The highest BCUT2D eigenvalue weighted by Gasteiger charge is 2.10. The lowest BCUT2D eigenvalue weighted by Crippen LogP contribution is -2.04. The first-order valence-corrected chi connectivity index (χ1v) is 6.91. The molecule has 0 spiro atoms. The number of hydrogen-bond acceptors (Lipinski definition) is 5. The van der Waals surface area contributed by atoms with Crippen molar-refractivity contribution in [2.75, 3.05) is 11.9 Å². The van der Waals surface area contributed by atoms with E-state index >= 15 is 0 Å². The smallest absolute Gasteiger partial charge is 0.145 e. The van der Waals surface area contributed by atoms with Gasteiger partial charge in [0.1, 0.15) is 17.2 Å². The maximum absolute atomic E-state index is 4.56. The summed E-state index contributed by atoms with van der Waals surface area (Å²) >= 11 is 0. The van der Waals surface area contributed by atoms with Crippen molar-refractivity contribution in [2.24, 2.45) is 0 Å². The van der Waals surface area contributed by atoms with Crippen molar-refractivity contribution in [1.82, 2.24) is 25.0 Å². The van der Waals surface area contributed by atoms with E-state index in [4.69, 9.17) is 0 Å². The summed E-state index contributed by atoms with van der Waals surface area (Å²) in [5.41, 5.74) is 2.50. The van der Waals surface area contributed by atoms with Crippen LogP contribution in [0.2, 0.25) is 0 Å². The Morgan fingerprint density at radius 3 is 2.76 bits per heavy atom. The number of aromatic nitrogens is 5. The normalized spacial score (nSPS) is 10.5. The zero-order valence-electron chi connectivity index (χ0n) is 11.8. The van der Waals surface area contributed by atoms with Crippen molar-refractivity contribution in [3.63, 3.8) is 0 Å². The number of nitrogens with zero attached hydrogens (tertiary/aromatic N) is 5. The first kappa shape index (κ1) is 13.2. The molecule has 2 aromatic heterocycles. The lowest BCUT2D eigenvalue weighted by Gasteiger charge is -2.07. The summed E-state index contributed by atoms with van der Waals surface area (Å²) in [5.74, 6) is 0.759. The first-order chi connectivity index (χ1) is 10.4. The molecular formula is C15H16N6. The molecule has 0 aliphatic carbocycles. The summed E-state index contributed by atoms with van der Waals surface area (Å²) in [4.78, 5) is 8.80. The van der Waals surface area contributed by atoms with Gasteiger partial charge in [-0.2, -0.15) is 0 Å². The summed E-state index contributed by atoms with van der Waals surface area (Å²) in [6.07, 6.45) is 6.17. The SMILES string of the molecule is CCCNc1cncc(-c2cnnn2-c2ccccc2)n1. The summed E-state index contributed by atoms with van der Waals surface area (Å²) < 4.78 is 1.76. The standard InChI is InChI=1S/C15H16N6/c1-2-8-17-15-11-16-9-13(19-15)14-10-18-20-21(14)12-6-4-3-5-7-12/h3-7,9-11H,2,8H2,1H3,(H,17,19). The Hall–Kier alpha value is -2.76. The van der Waals surface area contributed by atoms with Gasteiger partial charge in [-0.25, -0.2) is 9.67 Å². The molecule has 0 aliphatic rings. The molecule has 106 valence electrons. The molecule has 0 unspecified atom stereocenters. The topological polar surface area (TPSA) is 68.5 Å². The Morgan fingerprint density at radius 2 is 1.95 bits per heavy atom. The second-order valence-electron chi connectivity index (χ2n) is 4.58. The van der Waals surface area contributed by atoms with E-state index in [1.807, 2.05) is 30.3 Å². The van der Waals surface area contributed by atoms with Gasteiger partial charge in [0.15, 0.2) is 0 Å². The summed E-state index contributed by atoms with van der Waals surface area (Å²) in [6, 6.07) is 9.85. The fourth-order valence-corrected chi connectivity index (χ4v) is 2.00. The Morgan fingerprint density at radius 1 is 1.10 bits per heavy atom. The third kappa shape index (κ3) is 2.89. The van der Waals surface area contributed by atoms with Crippen molar-refractivity contribution < 1.29 is 0 Å². The average molecular weight is 280 g/mol. The molecule has 3 aromatic rings. The molecule has 0 fully saturated rings. The summed E-state index contributed by atoms with van der Waals surface area (Å²) in [7, 11) is 0. The first-order valence-electron chi connectivity index (χ1n) is 6.91. The van der Waals surface area contributed by atoms with E-state index in [0.29, 0.717) is 0 Å². The van der Waals surface area contributed by atoms with Gasteiger partial charge in [-0.3, -0.25) is 4.98 Å². The van der Waals surface area contributed by atoms with Crippen LogP contribution >= 0.6 is 0 Å². The van der Waals surface area contributed by atoms with Crippen molar-refractivity contribution in [3.8, 4) is 17.1 Å². The minimum Gasteiger partial charge on any atom is -0.369 e. The minimum atomic E-state index is 0.741. The predicted molar refractivity (Wildman–Crippen MR) is 81.2 cm³/mol. The lowest BCUT2D eigenvalue weighted by atomic mass is 10.3. The molecule has 1 N–H and O–H groups in total. The fourth-order valence-electron chi connectivity index (χ4n) is 2.00. The van der Waals surface area contributed by atoms with Crippen LogP contribution in [-0.4, -0.2) is 31.5 Å². The molecule has 0 radical (unpaired) electrons. The van der Waals surface area contributed by atoms with E-state index in [-0.39, 0.29) is 0 Å². The molecule has 0 saturated carbocycles. The summed E-state index contributed by atoms with van der Waals surface area (Å²) in [5, 5.41) is 11.4. The van der Waals surface area contributed by atoms with Crippen LogP contribution in [0.5, 0.6) is 0 Å². The van der Waals surface area contributed by atoms with E-state index < -0.39 is 0 Å². The molecule has 2 heterocycles. The maximum atomic E-state index is 4.56. The van der Waals surface area contributed by atoms with Crippen molar-refractivity contribution in [1.29, 1.82) is 0 Å². The lowest BCUT2D eigenvalue weighted by molar-refractivity contribution is 0.806. The fraction of sp³-hybridized carbons (Fsp3) is 0.200. The van der Waals surface area contributed by atoms with Crippen LogP contribution in [-0.2, 0) is 0 Å². The van der Waals surface area contributed by atoms with Crippen LogP contribution in [0.3, 0.4) is 0 Å². The van der Waals surface area contributed by atoms with Gasteiger partial charge in [0.05, 0.1) is 24.3 Å². The molecule has 0 saturated heterocycles. The van der Waals surface area contributed by atoms with Crippen molar-refractivity contribution in [3.05, 3.63) is 48.9 Å². The molecule has 0 atom stereocenters. The Bertz CT molecular complexity index is 707. The zero-order chi connectivity index (χ0) is 14.5. The third-order valence-electron chi connectivity index (χ3n) is 3.00. The van der Waals surface area contributed by atoms with Crippen LogP contribution in [0.4, 0.5) is 5.82 Å². The van der Waals surface area contributed by atoms with Crippen molar-refractivity contribution >= 4 is 5.82 Å². The predicted octanol–water partition coefficient (Wildman–Crippen LogP) is 2.55. The zero-order valence-corrected chi connectivity index (χ0v) is 11.8. The Kier molecular flexibility index (Phi) is 3.86. The third-order valence-corrected chi connectivity index (χ3v) is 3.00. The number of hydrogen-bond donors (Lipinski definition) is 1. The largest absolute Gasteiger partial charge is 0.369 e. The van der Waals surface area contributed by atoms with E-state index in [1.54, 1.807) is 23.3 Å². The molecule has 6 heteroatoms. The van der Waals surface area contributed by atoms with Gasteiger partial charge in [0.25, 0.3) is 0 Å². The van der Waals surface area contributed by atoms with Crippen LogP contribution in [0.15, 0.2) is 48.9 Å². The Labute approximate surface area is 122 Å². The monoisotopic (exact) mass is 280 g/mol. The van der Waals surface area contributed by atoms with Gasteiger partial charge < -0.3 is 5.32 Å². The van der Waals surface area contributed by atoms with Gasteiger partial charge in [-0.05, 0) is 18.6 Å². The average Bonchev–Trinajstić information content (AvgIpc) is 3.04. The highest BCUT2D eigenvalue weighted by atomic mass is 15.4. The van der Waals surface area contributed by atoms with Crippen LogP contribution in [0, 0.1) is 0 Å². The highest BCUT2D eigenvalue weighted by molar-refractivity contribution is 5.57. The van der Waals surface area contributed by atoms with Gasteiger partial charge >= 0.3 is 0 Å². The number of para-hydroxylation sites is 1. The number of anilines is 1. The minimum absolute atomic E-state index is 0.741. The van der Waals surface area contributed by atoms with E-state index in [9.17, 15) is 0 Å². The second-order valence-corrected chi connectivity index (χ2v) is 4.58. The highest BCUT2D eigenvalue weighted by Crippen LogP contribution is 2.19. The molecule has 1 aromatic carbocycles. The van der Waals surface area contributed by atoms with Gasteiger partial charge in [0, 0.05) is 6.54 Å². The molecule has 0 aliphatic heterocycles. The number of rotatable bonds is 5. The molecular weight excluding hydrogens is 264 g/mol. The molecule has 0 amide bonds. The van der Waals surface area contributed by atoms with Gasteiger partial charge in [0.2, 0.25) is 0 Å². The van der Waals surface area contributed by atoms with Crippen LogP contribution < -0.4 is 5.32 Å². The number of nitrogens with one attached hydrogen (secondary N) is 1. The maximum Gasteiger partial charge on any atom is 0.145 e. The van der Waals surface area contributed by atoms with Crippen LogP contribution in [0.1, 0.15) is 13.3 Å². The van der Waals surface area contributed by atoms with Crippen LogP contribution in [0.25, 0.3) is 17.1 Å². The molecule has 0 bridgehead atoms. The Balaban J connectivity index is 1.97. The molecule has 6 nitrogen and oxygen atoms in total. The second kappa shape index (κ2) is 6.13. The van der Waals surface area contributed by atoms with E-state index in [2.05, 4.69) is 32.5 Å². The summed E-state index contributed by atoms with van der Waals surface area (Å²) in [6.45, 7) is 2.98. The number of benzene rings is 1.